The molecule has 31 heavy (non-hydrogen) atoms. The molecule has 1 amide bonds. The number of carbonyl (C=O) groups is 1. The number of nitrogens with one attached hydrogen (secondary N) is 1. The van der Waals surface area contributed by atoms with Gasteiger partial charge in [0.25, 0.3) is 5.91 Å². The summed E-state index contributed by atoms with van der Waals surface area (Å²) in [5.74, 6) is 0.478. The fourth-order valence-corrected chi connectivity index (χ4v) is 5.45. The van der Waals surface area contributed by atoms with Gasteiger partial charge in [-0.3, -0.25) is 9.69 Å². The quantitative estimate of drug-likeness (QED) is 0.711. The van der Waals surface area contributed by atoms with Crippen molar-refractivity contribution in [3.05, 3.63) is 41.3 Å². The number of thiophene rings is 1. The van der Waals surface area contributed by atoms with Gasteiger partial charge in [-0.15, -0.1) is 11.3 Å². The van der Waals surface area contributed by atoms with Gasteiger partial charge in [0.2, 0.25) is 0 Å². The van der Waals surface area contributed by atoms with Crippen LogP contribution in [0.25, 0.3) is 11.1 Å². The van der Waals surface area contributed by atoms with E-state index in [1.807, 2.05) is 18.2 Å². The Morgan fingerprint density at radius 1 is 1.03 bits per heavy atom. The van der Waals surface area contributed by atoms with Gasteiger partial charge in [-0.2, -0.15) is 0 Å². The molecule has 6 nitrogen and oxygen atoms in total. The molecular weight excluding hydrogens is 410 g/mol. The Morgan fingerprint density at radius 3 is 2.32 bits per heavy atom. The minimum Gasteiger partial charge on any atom is -0.379 e. The zero-order valence-electron chi connectivity index (χ0n) is 18.5. The smallest absolute Gasteiger partial charge is 0.261 e. The van der Waals surface area contributed by atoms with Crippen LogP contribution in [0.1, 0.15) is 23.5 Å². The second-order valence-electron chi connectivity index (χ2n) is 8.46. The Kier molecular flexibility index (Phi) is 7.61. The van der Waals surface area contributed by atoms with Gasteiger partial charge in [-0.25, -0.2) is 0 Å². The topological polar surface area (TPSA) is 54.0 Å². The van der Waals surface area contributed by atoms with E-state index in [2.05, 4.69) is 47.2 Å². The number of carbonyl (C=O) groups excluding carboxylic acids is 1. The number of hydrogen-bond acceptors (Lipinski definition) is 6. The zero-order valence-corrected chi connectivity index (χ0v) is 19.3. The highest BCUT2D eigenvalue weighted by molar-refractivity contribution is 7.18. The molecule has 2 saturated heterocycles. The largest absolute Gasteiger partial charge is 0.379 e. The van der Waals surface area contributed by atoms with E-state index in [4.69, 9.17) is 9.47 Å². The van der Waals surface area contributed by atoms with Crippen molar-refractivity contribution in [2.45, 2.75) is 19.9 Å². The van der Waals surface area contributed by atoms with Gasteiger partial charge in [0.1, 0.15) is 0 Å². The first-order chi connectivity index (χ1) is 15.1. The monoisotopic (exact) mass is 443 g/mol. The van der Waals surface area contributed by atoms with Crippen LogP contribution in [0.15, 0.2) is 36.4 Å². The number of morpholine rings is 2. The molecule has 2 fully saturated rings. The number of ether oxygens (including phenoxy) is 2. The average molecular weight is 444 g/mol. The molecule has 2 aliphatic rings. The zero-order chi connectivity index (χ0) is 21.6. The molecule has 2 aromatic rings. The van der Waals surface area contributed by atoms with E-state index in [-0.39, 0.29) is 5.91 Å². The molecule has 3 heterocycles. The van der Waals surface area contributed by atoms with Gasteiger partial charge >= 0.3 is 0 Å². The highest BCUT2D eigenvalue weighted by Gasteiger charge is 2.26. The lowest BCUT2D eigenvalue weighted by Gasteiger charge is -2.36. The van der Waals surface area contributed by atoms with Crippen molar-refractivity contribution in [3.8, 4) is 11.1 Å². The molecule has 4 rings (SSSR count). The van der Waals surface area contributed by atoms with Gasteiger partial charge in [-0.05, 0) is 17.5 Å². The minimum atomic E-state index is 0.0144. The maximum atomic E-state index is 13.1. The van der Waals surface area contributed by atoms with Crippen molar-refractivity contribution >= 4 is 22.2 Å². The van der Waals surface area contributed by atoms with Crippen LogP contribution >= 0.6 is 11.3 Å². The number of rotatable bonds is 7. The number of hydrogen-bond donors (Lipinski definition) is 1. The summed E-state index contributed by atoms with van der Waals surface area (Å²) < 4.78 is 11.0. The number of amides is 1. The van der Waals surface area contributed by atoms with Gasteiger partial charge < -0.3 is 19.7 Å². The van der Waals surface area contributed by atoms with Crippen LogP contribution in [0.4, 0.5) is 5.00 Å². The normalized spacial score (nSPS) is 18.9. The Labute approximate surface area is 189 Å². The lowest BCUT2D eigenvalue weighted by atomic mass is 10.0. The van der Waals surface area contributed by atoms with Crippen molar-refractivity contribution in [2.75, 3.05) is 64.1 Å². The van der Waals surface area contributed by atoms with Crippen LogP contribution in [0, 0.1) is 5.92 Å². The fraction of sp³-hybridized carbons (Fsp3) is 0.542. The van der Waals surface area contributed by atoms with Gasteiger partial charge in [-0.1, -0.05) is 44.2 Å². The van der Waals surface area contributed by atoms with Crippen LogP contribution < -0.4 is 10.2 Å². The summed E-state index contributed by atoms with van der Waals surface area (Å²) in [6.07, 6.45) is 0. The van der Waals surface area contributed by atoms with E-state index in [0.29, 0.717) is 18.5 Å². The van der Waals surface area contributed by atoms with Gasteiger partial charge in [0.05, 0.1) is 36.3 Å². The van der Waals surface area contributed by atoms with Crippen molar-refractivity contribution in [1.82, 2.24) is 10.2 Å². The first kappa shape index (κ1) is 22.3. The number of nitrogens with zero attached hydrogens (tertiary/aromatic N) is 2. The van der Waals surface area contributed by atoms with Crippen molar-refractivity contribution in [2.24, 2.45) is 5.92 Å². The van der Waals surface area contributed by atoms with Gasteiger partial charge in [0.15, 0.2) is 0 Å². The highest BCUT2D eigenvalue weighted by Crippen LogP contribution is 2.39. The van der Waals surface area contributed by atoms with E-state index in [9.17, 15) is 4.79 Å². The van der Waals surface area contributed by atoms with Crippen LogP contribution in [-0.2, 0) is 9.47 Å². The third kappa shape index (κ3) is 5.47. The Bertz CT molecular complexity index is 843. The van der Waals surface area contributed by atoms with Crippen molar-refractivity contribution in [1.29, 1.82) is 0 Å². The predicted molar refractivity (Wildman–Crippen MR) is 126 cm³/mol. The third-order valence-corrected chi connectivity index (χ3v) is 7.27. The number of benzene rings is 1. The van der Waals surface area contributed by atoms with Crippen LogP contribution in [0.5, 0.6) is 0 Å². The van der Waals surface area contributed by atoms with Gasteiger partial charge in [0, 0.05) is 44.3 Å². The lowest BCUT2D eigenvalue weighted by Crippen LogP contribution is -2.51. The molecular formula is C24H33N3O3S. The predicted octanol–water partition coefficient (Wildman–Crippen LogP) is 3.34. The van der Waals surface area contributed by atoms with Crippen molar-refractivity contribution in [3.63, 3.8) is 0 Å². The molecule has 1 aromatic carbocycles. The van der Waals surface area contributed by atoms with Crippen LogP contribution in [0.2, 0.25) is 0 Å². The molecule has 0 saturated carbocycles. The molecule has 1 aromatic heterocycles. The molecule has 0 bridgehead atoms. The molecule has 7 heteroatoms. The molecule has 0 aliphatic carbocycles. The Balaban J connectivity index is 1.51. The Morgan fingerprint density at radius 2 is 1.68 bits per heavy atom. The summed E-state index contributed by atoms with van der Waals surface area (Å²) in [6.45, 7) is 11.7. The summed E-state index contributed by atoms with van der Waals surface area (Å²) in [4.78, 5) is 18.7. The van der Waals surface area contributed by atoms with Crippen LogP contribution in [0.3, 0.4) is 0 Å². The fourth-order valence-electron chi connectivity index (χ4n) is 4.30. The number of anilines is 1. The first-order valence-corrected chi connectivity index (χ1v) is 12.1. The summed E-state index contributed by atoms with van der Waals surface area (Å²) in [5.41, 5.74) is 2.28. The standard InChI is InChI=1S/C24H33N3O3S/c1-18(2)21(26-8-12-29-13-9-26)17-25-23(28)22-16-20(19-6-4-3-5-7-19)24(31-22)27-10-14-30-15-11-27/h3-7,16,18,21H,8-15,17H2,1-2H3,(H,25,28)/t21-/m0/s1. The van der Waals surface area contributed by atoms with Crippen LogP contribution in [-0.4, -0.2) is 76.0 Å². The van der Waals surface area contributed by atoms with Crippen molar-refractivity contribution < 1.29 is 14.3 Å². The summed E-state index contributed by atoms with van der Waals surface area (Å²) >= 11 is 1.59. The maximum absolute atomic E-state index is 13.1. The average Bonchev–Trinajstić information content (AvgIpc) is 3.26. The maximum Gasteiger partial charge on any atom is 0.261 e. The van der Waals surface area contributed by atoms with E-state index < -0.39 is 0 Å². The van der Waals surface area contributed by atoms with E-state index in [0.717, 1.165) is 73.6 Å². The van der Waals surface area contributed by atoms with E-state index in [1.165, 1.54) is 0 Å². The van der Waals surface area contributed by atoms with E-state index >= 15 is 0 Å². The first-order valence-electron chi connectivity index (χ1n) is 11.3. The molecule has 0 radical (unpaired) electrons. The molecule has 0 unspecified atom stereocenters. The summed E-state index contributed by atoms with van der Waals surface area (Å²) in [5, 5.41) is 4.38. The molecule has 1 N–H and O–H groups in total. The second kappa shape index (κ2) is 10.6. The molecule has 168 valence electrons. The summed E-state index contributed by atoms with van der Waals surface area (Å²) in [7, 11) is 0. The SMILES string of the molecule is CC(C)[C@H](CNC(=O)c1cc(-c2ccccc2)c(N2CCOCC2)s1)N1CCOCC1. The second-order valence-corrected chi connectivity index (χ2v) is 9.50. The molecule has 2 aliphatic heterocycles. The minimum absolute atomic E-state index is 0.0144. The summed E-state index contributed by atoms with van der Waals surface area (Å²) in [6, 6.07) is 12.7. The van der Waals surface area contributed by atoms with E-state index in [1.54, 1.807) is 11.3 Å². The molecule has 1 atom stereocenters. The third-order valence-electron chi connectivity index (χ3n) is 6.08. The lowest BCUT2D eigenvalue weighted by molar-refractivity contribution is 0.00674. The Hall–Kier alpha value is -1.93. The molecule has 0 spiro atoms. The highest BCUT2D eigenvalue weighted by atomic mass is 32.1.